The summed E-state index contributed by atoms with van der Waals surface area (Å²) >= 11 is 0. The van der Waals surface area contributed by atoms with Crippen molar-refractivity contribution in [2.45, 2.75) is 25.8 Å². The second-order valence-corrected chi connectivity index (χ2v) is 5.10. The van der Waals surface area contributed by atoms with Crippen LogP contribution >= 0.6 is 0 Å². The standard InChI is InChI=1S/C13H19N5/c1-10-5-7-18-12(8-10)15-13(16-18)14-9-11-4-3-6-17(11)2/h5,7-8,11H,3-4,6,9H2,1-2H3,(H,14,16). The van der Waals surface area contributed by atoms with Crippen molar-refractivity contribution in [2.75, 3.05) is 25.5 Å². The quantitative estimate of drug-likeness (QED) is 0.891. The molecule has 1 atom stereocenters. The molecule has 18 heavy (non-hydrogen) atoms. The van der Waals surface area contributed by atoms with Gasteiger partial charge in [-0.3, -0.25) is 0 Å². The number of rotatable bonds is 3. The zero-order valence-corrected chi connectivity index (χ0v) is 10.9. The number of nitrogens with one attached hydrogen (secondary N) is 1. The lowest BCUT2D eigenvalue weighted by atomic mass is 10.2. The Labute approximate surface area is 107 Å². The number of anilines is 1. The Morgan fingerprint density at radius 3 is 3.17 bits per heavy atom. The molecule has 5 heteroatoms. The SMILES string of the molecule is Cc1ccn2nc(NCC3CCCN3C)nc2c1. The van der Waals surface area contributed by atoms with Crippen LogP contribution in [0.2, 0.25) is 0 Å². The molecule has 0 amide bonds. The maximum atomic E-state index is 4.48. The molecule has 1 aliphatic heterocycles. The predicted octanol–water partition coefficient (Wildman–Crippen LogP) is 1.54. The Bertz CT molecular complexity index is 547. The molecule has 3 heterocycles. The first-order valence-electron chi connectivity index (χ1n) is 6.49. The van der Waals surface area contributed by atoms with Crippen LogP contribution in [0, 0.1) is 6.92 Å². The van der Waals surface area contributed by atoms with E-state index in [-0.39, 0.29) is 0 Å². The molecule has 1 N–H and O–H groups in total. The third kappa shape index (κ3) is 2.18. The van der Waals surface area contributed by atoms with Gasteiger partial charge in [-0.25, -0.2) is 4.52 Å². The maximum absolute atomic E-state index is 4.48. The number of hydrogen-bond donors (Lipinski definition) is 1. The van der Waals surface area contributed by atoms with Gasteiger partial charge in [-0.2, -0.15) is 4.98 Å². The normalized spacial score (nSPS) is 20.7. The molecular formula is C13H19N5. The van der Waals surface area contributed by atoms with Crippen molar-refractivity contribution in [3.05, 3.63) is 23.9 Å². The number of aryl methyl sites for hydroxylation is 1. The molecule has 3 rings (SSSR count). The highest BCUT2D eigenvalue weighted by atomic mass is 15.3. The van der Waals surface area contributed by atoms with E-state index in [1.54, 1.807) is 0 Å². The van der Waals surface area contributed by atoms with Gasteiger partial charge in [0.05, 0.1) is 0 Å². The number of nitrogens with zero attached hydrogens (tertiary/aromatic N) is 4. The van der Waals surface area contributed by atoms with Gasteiger partial charge in [0.1, 0.15) is 0 Å². The molecule has 0 bridgehead atoms. The minimum atomic E-state index is 0.610. The summed E-state index contributed by atoms with van der Waals surface area (Å²) in [6.45, 7) is 4.19. The van der Waals surface area contributed by atoms with Crippen LogP contribution in [0.1, 0.15) is 18.4 Å². The molecule has 0 saturated carbocycles. The van der Waals surface area contributed by atoms with Crippen LogP contribution in [0.25, 0.3) is 5.65 Å². The van der Waals surface area contributed by atoms with Crippen molar-refractivity contribution < 1.29 is 0 Å². The van der Waals surface area contributed by atoms with Gasteiger partial charge in [0.15, 0.2) is 5.65 Å². The fraction of sp³-hybridized carbons (Fsp3) is 0.538. The van der Waals surface area contributed by atoms with Crippen molar-refractivity contribution in [3.8, 4) is 0 Å². The van der Waals surface area contributed by atoms with Gasteiger partial charge < -0.3 is 10.2 Å². The average molecular weight is 245 g/mol. The summed E-state index contributed by atoms with van der Waals surface area (Å²) in [6, 6.07) is 4.69. The lowest BCUT2D eigenvalue weighted by Crippen LogP contribution is -2.31. The van der Waals surface area contributed by atoms with Crippen molar-refractivity contribution in [3.63, 3.8) is 0 Å². The second kappa shape index (κ2) is 4.57. The molecule has 1 saturated heterocycles. The zero-order chi connectivity index (χ0) is 12.5. The molecule has 96 valence electrons. The summed E-state index contributed by atoms with van der Waals surface area (Å²) in [6.07, 6.45) is 4.50. The van der Waals surface area contributed by atoms with E-state index in [0.717, 1.165) is 18.1 Å². The molecule has 5 nitrogen and oxygen atoms in total. The summed E-state index contributed by atoms with van der Waals surface area (Å²) in [5.74, 6) is 0.723. The molecule has 2 aromatic heterocycles. The Morgan fingerprint density at radius 2 is 2.39 bits per heavy atom. The van der Waals surface area contributed by atoms with Gasteiger partial charge in [0, 0.05) is 18.8 Å². The molecule has 0 spiro atoms. The van der Waals surface area contributed by atoms with E-state index >= 15 is 0 Å². The topological polar surface area (TPSA) is 45.5 Å². The molecule has 1 fully saturated rings. The third-order valence-electron chi connectivity index (χ3n) is 3.66. The Kier molecular flexibility index (Phi) is 2.91. The molecule has 1 aliphatic rings. The van der Waals surface area contributed by atoms with Crippen molar-refractivity contribution >= 4 is 11.6 Å². The van der Waals surface area contributed by atoms with E-state index in [9.17, 15) is 0 Å². The molecule has 0 radical (unpaired) electrons. The van der Waals surface area contributed by atoms with Crippen LogP contribution in [0.15, 0.2) is 18.3 Å². The third-order valence-corrected chi connectivity index (χ3v) is 3.66. The largest absolute Gasteiger partial charge is 0.351 e. The highest BCUT2D eigenvalue weighted by Crippen LogP contribution is 2.15. The van der Waals surface area contributed by atoms with Gasteiger partial charge in [0.2, 0.25) is 5.95 Å². The Hall–Kier alpha value is -1.62. The van der Waals surface area contributed by atoms with Gasteiger partial charge in [-0.1, -0.05) is 0 Å². The lowest BCUT2D eigenvalue weighted by Gasteiger charge is -2.18. The number of aromatic nitrogens is 3. The summed E-state index contributed by atoms with van der Waals surface area (Å²) < 4.78 is 1.81. The van der Waals surface area contributed by atoms with Crippen LogP contribution in [-0.4, -0.2) is 45.7 Å². The van der Waals surface area contributed by atoms with Crippen LogP contribution in [0.5, 0.6) is 0 Å². The van der Waals surface area contributed by atoms with E-state index in [4.69, 9.17) is 0 Å². The number of likely N-dealkylation sites (N-methyl/N-ethyl adjacent to an activating group) is 1. The van der Waals surface area contributed by atoms with E-state index < -0.39 is 0 Å². The van der Waals surface area contributed by atoms with Crippen molar-refractivity contribution in [2.24, 2.45) is 0 Å². The zero-order valence-electron chi connectivity index (χ0n) is 10.9. The predicted molar refractivity (Wildman–Crippen MR) is 71.9 cm³/mol. The molecule has 0 aromatic carbocycles. The number of hydrogen-bond acceptors (Lipinski definition) is 4. The van der Waals surface area contributed by atoms with Crippen LogP contribution in [0.3, 0.4) is 0 Å². The lowest BCUT2D eigenvalue weighted by molar-refractivity contribution is 0.322. The fourth-order valence-corrected chi connectivity index (χ4v) is 2.50. The van der Waals surface area contributed by atoms with E-state index in [2.05, 4.69) is 34.3 Å². The molecule has 0 aliphatic carbocycles. The first-order valence-corrected chi connectivity index (χ1v) is 6.49. The first-order chi connectivity index (χ1) is 8.72. The Balaban J connectivity index is 1.71. The summed E-state index contributed by atoms with van der Waals surface area (Å²) in [4.78, 5) is 6.88. The highest BCUT2D eigenvalue weighted by Gasteiger charge is 2.20. The van der Waals surface area contributed by atoms with E-state index in [1.165, 1.54) is 24.9 Å². The number of pyridine rings is 1. The molecular weight excluding hydrogens is 226 g/mol. The smallest absolute Gasteiger partial charge is 0.243 e. The Morgan fingerprint density at radius 1 is 1.50 bits per heavy atom. The summed E-state index contributed by atoms with van der Waals surface area (Å²) in [7, 11) is 2.18. The number of fused-ring (bicyclic) bond motifs is 1. The average Bonchev–Trinajstić information content (AvgIpc) is 2.92. The van der Waals surface area contributed by atoms with Crippen molar-refractivity contribution in [1.82, 2.24) is 19.5 Å². The van der Waals surface area contributed by atoms with E-state index in [1.807, 2.05) is 22.8 Å². The van der Waals surface area contributed by atoms with Crippen molar-refractivity contribution in [1.29, 1.82) is 0 Å². The summed E-state index contributed by atoms with van der Waals surface area (Å²) in [5.41, 5.74) is 2.11. The fourth-order valence-electron chi connectivity index (χ4n) is 2.50. The van der Waals surface area contributed by atoms with Gasteiger partial charge in [-0.05, 0) is 51.1 Å². The molecule has 2 aromatic rings. The number of likely N-dealkylation sites (tertiary alicyclic amines) is 1. The monoisotopic (exact) mass is 245 g/mol. The van der Waals surface area contributed by atoms with Gasteiger partial charge in [0.25, 0.3) is 0 Å². The summed E-state index contributed by atoms with van der Waals surface area (Å²) in [5, 5.41) is 7.76. The van der Waals surface area contributed by atoms with Crippen LogP contribution in [-0.2, 0) is 0 Å². The minimum absolute atomic E-state index is 0.610. The first kappa shape index (κ1) is 11.5. The molecule has 1 unspecified atom stereocenters. The minimum Gasteiger partial charge on any atom is -0.351 e. The highest BCUT2D eigenvalue weighted by molar-refractivity contribution is 5.45. The van der Waals surface area contributed by atoms with Gasteiger partial charge >= 0.3 is 0 Å². The van der Waals surface area contributed by atoms with Crippen LogP contribution in [0.4, 0.5) is 5.95 Å². The second-order valence-electron chi connectivity index (χ2n) is 5.10. The van der Waals surface area contributed by atoms with Gasteiger partial charge in [-0.15, -0.1) is 5.10 Å². The van der Waals surface area contributed by atoms with E-state index in [0.29, 0.717) is 6.04 Å². The maximum Gasteiger partial charge on any atom is 0.243 e. The van der Waals surface area contributed by atoms with Crippen LogP contribution < -0.4 is 5.32 Å².